The average Bonchev–Trinajstić information content (AvgIpc) is 3.80. The molecular formula is C40H49ClN2O9. The molecule has 4 bridgehead atoms. The first kappa shape index (κ1) is 39.1. The highest BCUT2D eigenvalue weighted by molar-refractivity contribution is 6.35. The van der Waals surface area contributed by atoms with E-state index in [9.17, 15) is 19.5 Å². The van der Waals surface area contributed by atoms with Crippen molar-refractivity contribution < 1.29 is 43.2 Å². The third-order valence-corrected chi connectivity index (χ3v) is 10.7. The van der Waals surface area contributed by atoms with Gasteiger partial charge in [0.2, 0.25) is 5.91 Å². The number of ether oxygens (including phenoxy) is 5. The molecule has 52 heavy (non-hydrogen) atoms. The van der Waals surface area contributed by atoms with Gasteiger partial charge in [0.25, 0.3) is 0 Å². The van der Waals surface area contributed by atoms with Gasteiger partial charge in [-0.2, -0.15) is 0 Å². The highest BCUT2D eigenvalue weighted by Crippen LogP contribution is 2.49. The van der Waals surface area contributed by atoms with Gasteiger partial charge < -0.3 is 33.7 Å². The minimum absolute atomic E-state index is 0.0121. The molecule has 0 unspecified atom stereocenters. The molecule has 12 heteroatoms. The fourth-order valence-electron chi connectivity index (χ4n) is 7.03. The van der Waals surface area contributed by atoms with Gasteiger partial charge in [0.1, 0.15) is 34.7 Å². The van der Waals surface area contributed by atoms with Crippen LogP contribution in [0.2, 0.25) is 5.02 Å². The second-order valence-corrected chi connectivity index (χ2v) is 14.6. The lowest BCUT2D eigenvalue weighted by Crippen LogP contribution is -2.63. The summed E-state index contributed by atoms with van der Waals surface area (Å²) < 4.78 is 29.3. The van der Waals surface area contributed by atoms with E-state index in [0.29, 0.717) is 24.3 Å². The molecule has 0 spiro atoms. The van der Waals surface area contributed by atoms with Gasteiger partial charge >= 0.3 is 12.1 Å². The molecule has 7 atom stereocenters. The van der Waals surface area contributed by atoms with Crippen molar-refractivity contribution in [3.8, 4) is 5.75 Å². The minimum atomic E-state index is -1.79. The SMILES string of the molecule is C=C(C)c1ccc(CCC(=O)O[C@H]2CC(=O)N(C)c3cc(cc(OC)c3Cl)C/C(C)=C/C=C/[C@@H](OC)[C@@]3(O)C[C@H](OC(=O)N3)[C@@H](C)[C@@H]3O[C@@]23C)cc1. The van der Waals surface area contributed by atoms with E-state index in [1.807, 2.05) is 63.2 Å². The molecule has 2 N–H and O–H groups in total. The Kier molecular flexibility index (Phi) is 11.9. The highest BCUT2D eigenvalue weighted by Gasteiger charge is 2.64. The van der Waals surface area contributed by atoms with Gasteiger partial charge in [-0.1, -0.05) is 78.7 Å². The molecule has 2 aromatic rings. The third-order valence-electron chi connectivity index (χ3n) is 10.3. The second kappa shape index (κ2) is 15.8. The topological polar surface area (TPSA) is 136 Å². The van der Waals surface area contributed by atoms with E-state index in [4.69, 9.17) is 35.3 Å². The van der Waals surface area contributed by atoms with E-state index in [1.165, 1.54) is 19.1 Å². The lowest BCUT2D eigenvalue weighted by atomic mass is 9.83. The number of benzene rings is 2. The van der Waals surface area contributed by atoms with Gasteiger partial charge in [0.05, 0.1) is 25.3 Å². The maximum absolute atomic E-state index is 14.1. The van der Waals surface area contributed by atoms with Crippen molar-refractivity contribution in [2.75, 3.05) is 26.2 Å². The molecule has 5 rings (SSSR count). The number of carbonyl (C=O) groups is 3. The first-order chi connectivity index (χ1) is 24.6. The Morgan fingerprint density at radius 2 is 1.90 bits per heavy atom. The molecule has 0 saturated carbocycles. The Morgan fingerprint density at radius 3 is 2.56 bits per heavy atom. The molecule has 280 valence electrons. The van der Waals surface area contributed by atoms with Crippen LogP contribution in [0.15, 0.2) is 66.8 Å². The average molecular weight is 737 g/mol. The molecule has 0 aliphatic carbocycles. The highest BCUT2D eigenvalue weighted by atomic mass is 35.5. The Labute approximate surface area is 310 Å². The van der Waals surface area contributed by atoms with Crippen LogP contribution in [0.5, 0.6) is 5.75 Å². The number of methoxy groups -OCH3 is 2. The number of amides is 2. The number of alkyl carbamates (subject to hydrolysis) is 1. The monoisotopic (exact) mass is 736 g/mol. The number of fused-ring (bicyclic) bond motifs is 5. The number of hydrogen-bond donors (Lipinski definition) is 2. The van der Waals surface area contributed by atoms with Crippen LogP contribution in [0.4, 0.5) is 10.5 Å². The zero-order chi connectivity index (χ0) is 38.0. The number of aliphatic hydroxyl groups is 1. The van der Waals surface area contributed by atoms with Gasteiger partial charge in [-0.3, -0.25) is 14.9 Å². The normalized spacial score (nSPS) is 30.9. The van der Waals surface area contributed by atoms with Crippen LogP contribution in [0.25, 0.3) is 5.57 Å². The minimum Gasteiger partial charge on any atom is -0.495 e. The Balaban J connectivity index is 1.49. The van der Waals surface area contributed by atoms with Gasteiger partial charge in [-0.05, 0) is 62.4 Å². The summed E-state index contributed by atoms with van der Waals surface area (Å²) in [5, 5.41) is 14.5. The first-order valence-electron chi connectivity index (χ1n) is 17.4. The third kappa shape index (κ3) is 8.55. The number of allylic oxidation sites excluding steroid dienone is 4. The largest absolute Gasteiger partial charge is 0.495 e. The lowest BCUT2D eigenvalue weighted by molar-refractivity contribution is -0.153. The number of epoxide rings is 1. The molecule has 3 aliphatic rings. The summed E-state index contributed by atoms with van der Waals surface area (Å²) in [6.07, 6.45) is 1.98. The fraction of sp³-hybridized carbons (Fsp3) is 0.475. The molecule has 3 aliphatic heterocycles. The van der Waals surface area contributed by atoms with E-state index in [2.05, 4.69) is 11.9 Å². The van der Waals surface area contributed by atoms with Crippen molar-refractivity contribution in [1.29, 1.82) is 0 Å². The summed E-state index contributed by atoms with van der Waals surface area (Å²) >= 11 is 6.76. The van der Waals surface area contributed by atoms with Crippen LogP contribution in [-0.4, -0.2) is 80.1 Å². The van der Waals surface area contributed by atoms with Gasteiger partial charge in [0.15, 0.2) is 5.72 Å². The lowest BCUT2D eigenvalue weighted by Gasteiger charge is -2.42. The maximum atomic E-state index is 14.1. The molecule has 2 amide bonds. The predicted molar refractivity (Wildman–Crippen MR) is 198 cm³/mol. The maximum Gasteiger partial charge on any atom is 0.409 e. The number of anilines is 1. The molecule has 3 heterocycles. The molecular weight excluding hydrogens is 688 g/mol. The van der Waals surface area contributed by atoms with Crippen LogP contribution < -0.4 is 15.0 Å². The summed E-state index contributed by atoms with van der Waals surface area (Å²) in [7, 11) is 4.57. The van der Waals surface area contributed by atoms with Crippen LogP contribution in [0.1, 0.15) is 63.6 Å². The van der Waals surface area contributed by atoms with E-state index < -0.39 is 53.7 Å². The zero-order valence-corrected chi connectivity index (χ0v) is 31.6. The number of nitrogens with zero attached hydrogens (tertiary/aromatic N) is 1. The van der Waals surface area contributed by atoms with Crippen LogP contribution in [0.3, 0.4) is 0 Å². The van der Waals surface area contributed by atoms with Crippen molar-refractivity contribution in [2.45, 2.75) is 95.5 Å². The van der Waals surface area contributed by atoms with Crippen LogP contribution >= 0.6 is 11.6 Å². The van der Waals surface area contributed by atoms with E-state index in [1.54, 1.807) is 26.1 Å². The van der Waals surface area contributed by atoms with Crippen molar-refractivity contribution in [3.63, 3.8) is 0 Å². The number of aryl methyl sites for hydroxylation is 1. The number of rotatable bonds is 7. The van der Waals surface area contributed by atoms with Crippen molar-refractivity contribution >= 4 is 40.8 Å². The molecule has 11 nitrogen and oxygen atoms in total. The zero-order valence-electron chi connectivity index (χ0n) is 30.9. The van der Waals surface area contributed by atoms with Crippen molar-refractivity contribution in [3.05, 3.63) is 88.5 Å². The molecule has 2 aromatic carbocycles. The quantitative estimate of drug-likeness (QED) is 0.247. The number of nitrogens with one attached hydrogen (secondary N) is 1. The van der Waals surface area contributed by atoms with E-state index in [0.717, 1.165) is 27.8 Å². The Morgan fingerprint density at radius 1 is 1.19 bits per heavy atom. The molecule has 0 radical (unpaired) electrons. The summed E-state index contributed by atoms with van der Waals surface area (Å²) in [5.41, 5.74) is 2.24. The molecule has 2 saturated heterocycles. The van der Waals surface area contributed by atoms with Crippen molar-refractivity contribution in [2.24, 2.45) is 5.92 Å². The summed E-state index contributed by atoms with van der Waals surface area (Å²) in [4.78, 5) is 41.8. The summed E-state index contributed by atoms with van der Waals surface area (Å²) in [5.74, 6) is -0.925. The van der Waals surface area contributed by atoms with Crippen LogP contribution in [-0.2, 0) is 41.4 Å². The Bertz CT molecular complexity index is 1760. The standard InChI is InChI=1S/C40H49ClN2O9/c1-23(2)28-15-12-26(13-16-28)14-17-35(45)51-33-21-34(44)43(6)29-19-27(20-30(48-7)36(29)41)18-24(3)10-9-11-32(49-8)40(47)22-31(50-38(46)42-40)25(4)37-39(33,5)52-37/h9-13,15-16,19-20,25,31-33,37,47H,1,14,17-18,21-22H2,2-8H3,(H,42,46)/b11-9+,24-10+/t25-,31+,32-,33+,37+,39+,40+/m1/s1. The Hall–Kier alpha value is -4.16. The predicted octanol–water partition coefficient (Wildman–Crippen LogP) is 6.33. The molecule has 2 fully saturated rings. The van der Waals surface area contributed by atoms with Gasteiger partial charge in [0, 0.05) is 32.9 Å². The summed E-state index contributed by atoms with van der Waals surface area (Å²) in [6, 6.07) is 11.5. The smallest absolute Gasteiger partial charge is 0.409 e. The van der Waals surface area contributed by atoms with Gasteiger partial charge in [-0.15, -0.1) is 0 Å². The first-order valence-corrected chi connectivity index (χ1v) is 17.8. The number of halogens is 1. The number of hydrogen-bond acceptors (Lipinski definition) is 9. The summed E-state index contributed by atoms with van der Waals surface area (Å²) in [6.45, 7) is 11.5. The van der Waals surface area contributed by atoms with Crippen LogP contribution in [0, 0.1) is 5.92 Å². The van der Waals surface area contributed by atoms with E-state index in [-0.39, 0.29) is 30.2 Å². The van der Waals surface area contributed by atoms with Gasteiger partial charge in [-0.25, -0.2) is 4.79 Å². The fourth-order valence-corrected chi connectivity index (χ4v) is 7.34. The number of carbonyl (C=O) groups excluding carboxylic acids is 3. The molecule has 0 aromatic heterocycles. The van der Waals surface area contributed by atoms with E-state index >= 15 is 0 Å². The number of esters is 1. The second-order valence-electron chi connectivity index (χ2n) is 14.3. The van der Waals surface area contributed by atoms with Crippen molar-refractivity contribution in [1.82, 2.24) is 5.32 Å².